The number of carboxylic acids is 1. The zero-order valence-electron chi connectivity index (χ0n) is 12.3. The van der Waals surface area contributed by atoms with Crippen molar-refractivity contribution in [2.45, 2.75) is 13.8 Å². The molecule has 1 aromatic carbocycles. The van der Waals surface area contributed by atoms with Gasteiger partial charge in [0.1, 0.15) is 0 Å². The zero-order chi connectivity index (χ0) is 15.9. The van der Waals surface area contributed by atoms with Crippen LogP contribution in [0.2, 0.25) is 0 Å². The Balaban J connectivity index is 1.69. The lowest BCUT2D eigenvalue weighted by atomic mass is 10.1. The van der Waals surface area contributed by atoms with Crippen LogP contribution in [0.5, 0.6) is 0 Å². The molecule has 114 valence electrons. The van der Waals surface area contributed by atoms with Gasteiger partial charge in [-0.15, -0.1) is 0 Å². The fraction of sp³-hybridized carbons (Fsp3) is 0.312. The van der Waals surface area contributed by atoms with Crippen molar-refractivity contribution in [1.29, 1.82) is 0 Å². The number of hydrogen-bond acceptors (Lipinski definition) is 3. The Morgan fingerprint density at radius 1 is 1.23 bits per heavy atom. The first kappa shape index (κ1) is 14.3. The van der Waals surface area contributed by atoms with E-state index in [1.807, 2.05) is 12.1 Å². The normalized spacial score (nSPS) is 22.1. The predicted molar refractivity (Wildman–Crippen MR) is 81.1 cm³/mol. The molecule has 6 heteroatoms. The van der Waals surface area contributed by atoms with Gasteiger partial charge in [0.2, 0.25) is 5.91 Å². The number of benzene rings is 1. The zero-order valence-corrected chi connectivity index (χ0v) is 12.3. The average Bonchev–Trinajstić information content (AvgIpc) is 2.84. The molecule has 1 heterocycles. The van der Waals surface area contributed by atoms with Crippen LogP contribution in [0.4, 0.5) is 5.69 Å². The number of anilines is 1. The molecule has 0 saturated heterocycles. The van der Waals surface area contributed by atoms with Crippen LogP contribution < -0.4 is 5.32 Å². The predicted octanol–water partition coefficient (Wildman–Crippen LogP) is 2.37. The molecule has 0 radical (unpaired) electrons. The van der Waals surface area contributed by atoms with Crippen LogP contribution in [0, 0.1) is 17.3 Å². The van der Waals surface area contributed by atoms with Gasteiger partial charge in [-0.05, 0) is 23.1 Å². The molecule has 1 aliphatic carbocycles. The quantitative estimate of drug-likeness (QED) is 0.807. The van der Waals surface area contributed by atoms with E-state index >= 15 is 0 Å². The number of H-pyrrole nitrogens is 1. The lowest BCUT2D eigenvalue weighted by Gasteiger charge is -2.07. The van der Waals surface area contributed by atoms with Gasteiger partial charge < -0.3 is 15.4 Å². The van der Waals surface area contributed by atoms with Crippen LogP contribution in [0.3, 0.4) is 0 Å². The number of carbonyl (C=O) groups excluding carboxylic acids is 1. The van der Waals surface area contributed by atoms with E-state index in [0.717, 1.165) is 11.3 Å². The van der Waals surface area contributed by atoms with Crippen molar-refractivity contribution in [2.24, 2.45) is 17.3 Å². The molecule has 1 aliphatic rings. The van der Waals surface area contributed by atoms with Gasteiger partial charge in [0.25, 0.3) is 0 Å². The molecule has 2 aromatic rings. The number of aromatic nitrogens is 2. The lowest BCUT2D eigenvalue weighted by molar-refractivity contribution is -0.140. The van der Waals surface area contributed by atoms with Gasteiger partial charge >= 0.3 is 5.97 Å². The molecule has 0 unspecified atom stereocenters. The lowest BCUT2D eigenvalue weighted by Crippen LogP contribution is -2.17. The Kier molecular flexibility index (Phi) is 3.24. The van der Waals surface area contributed by atoms with Crippen LogP contribution in [0.1, 0.15) is 13.8 Å². The van der Waals surface area contributed by atoms with Gasteiger partial charge in [-0.1, -0.05) is 26.0 Å². The Labute approximate surface area is 127 Å². The van der Waals surface area contributed by atoms with Crippen molar-refractivity contribution in [3.8, 4) is 11.3 Å². The summed E-state index contributed by atoms with van der Waals surface area (Å²) in [6, 6.07) is 7.32. The monoisotopic (exact) mass is 299 g/mol. The molecule has 22 heavy (non-hydrogen) atoms. The van der Waals surface area contributed by atoms with Crippen molar-refractivity contribution in [3.63, 3.8) is 0 Å². The van der Waals surface area contributed by atoms with Crippen molar-refractivity contribution < 1.29 is 14.7 Å². The molecule has 2 atom stereocenters. The number of aliphatic carboxylic acids is 1. The topological polar surface area (TPSA) is 95.1 Å². The first-order valence-electron chi connectivity index (χ1n) is 7.04. The fourth-order valence-electron chi connectivity index (χ4n) is 2.95. The second-order valence-corrected chi connectivity index (χ2v) is 6.15. The largest absolute Gasteiger partial charge is 0.481 e. The van der Waals surface area contributed by atoms with Crippen LogP contribution in [-0.4, -0.2) is 27.0 Å². The van der Waals surface area contributed by atoms with E-state index in [-0.39, 0.29) is 5.91 Å². The molecule has 3 rings (SSSR count). The average molecular weight is 299 g/mol. The maximum Gasteiger partial charge on any atom is 0.307 e. The van der Waals surface area contributed by atoms with E-state index in [2.05, 4.69) is 15.3 Å². The second kappa shape index (κ2) is 4.98. The Morgan fingerprint density at radius 3 is 2.41 bits per heavy atom. The number of hydrogen-bond donors (Lipinski definition) is 3. The summed E-state index contributed by atoms with van der Waals surface area (Å²) >= 11 is 0. The Morgan fingerprint density at radius 2 is 1.91 bits per heavy atom. The summed E-state index contributed by atoms with van der Waals surface area (Å²) in [4.78, 5) is 30.3. The van der Waals surface area contributed by atoms with Crippen molar-refractivity contribution in [3.05, 3.63) is 36.8 Å². The number of rotatable bonds is 4. The first-order valence-corrected chi connectivity index (χ1v) is 7.04. The van der Waals surface area contributed by atoms with Gasteiger partial charge in [-0.2, -0.15) is 0 Å². The maximum atomic E-state index is 12.2. The third kappa shape index (κ3) is 2.36. The van der Waals surface area contributed by atoms with E-state index in [0.29, 0.717) is 5.69 Å². The standard InChI is InChI=1S/C16H17N3O3/c1-16(2)12(13(16)15(21)22)14(20)19-10-5-3-9(4-6-10)11-7-17-8-18-11/h3-8,12-13H,1-2H3,(H,17,18)(H,19,20)(H,21,22)/t12-,13-/m1/s1. The smallest absolute Gasteiger partial charge is 0.307 e. The summed E-state index contributed by atoms with van der Waals surface area (Å²) in [7, 11) is 0. The van der Waals surface area contributed by atoms with Crippen LogP contribution in [0.15, 0.2) is 36.8 Å². The second-order valence-electron chi connectivity index (χ2n) is 6.15. The minimum atomic E-state index is -0.917. The van der Waals surface area contributed by atoms with Gasteiger partial charge in [-0.25, -0.2) is 4.98 Å². The number of aromatic amines is 1. The summed E-state index contributed by atoms with van der Waals surface area (Å²) in [6.07, 6.45) is 3.32. The molecular formula is C16H17N3O3. The van der Waals surface area contributed by atoms with Crippen LogP contribution in [0.25, 0.3) is 11.3 Å². The summed E-state index contributed by atoms with van der Waals surface area (Å²) in [5.74, 6) is -2.26. The van der Waals surface area contributed by atoms with Gasteiger partial charge in [0.05, 0.1) is 30.1 Å². The van der Waals surface area contributed by atoms with E-state index in [4.69, 9.17) is 5.11 Å². The van der Waals surface area contributed by atoms with E-state index < -0.39 is 23.2 Å². The molecule has 1 saturated carbocycles. The van der Waals surface area contributed by atoms with E-state index in [1.54, 1.807) is 38.5 Å². The Hall–Kier alpha value is -2.63. The SMILES string of the molecule is CC1(C)[C@@H](C(=O)O)[C@@H]1C(=O)Nc1ccc(-c2cnc[nH]2)cc1. The maximum absolute atomic E-state index is 12.2. The minimum Gasteiger partial charge on any atom is -0.481 e. The highest BCUT2D eigenvalue weighted by Crippen LogP contribution is 2.58. The third-order valence-electron chi connectivity index (χ3n) is 4.34. The molecule has 0 bridgehead atoms. The number of carboxylic acid groups (broad SMARTS) is 1. The highest BCUT2D eigenvalue weighted by molar-refractivity contribution is 5.99. The number of imidazole rings is 1. The van der Waals surface area contributed by atoms with Crippen molar-refractivity contribution in [2.75, 3.05) is 5.32 Å². The number of carbonyl (C=O) groups is 2. The number of nitrogens with zero attached hydrogens (tertiary/aromatic N) is 1. The summed E-state index contributed by atoms with van der Waals surface area (Å²) in [5.41, 5.74) is 2.02. The highest BCUT2D eigenvalue weighted by Gasteiger charge is 2.65. The van der Waals surface area contributed by atoms with Crippen molar-refractivity contribution in [1.82, 2.24) is 9.97 Å². The van der Waals surface area contributed by atoms with Gasteiger partial charge in [0, 0.05) is 5.69 Å². The van der Waals surface area contributed by atoms with E-state index in [9.17, 15) is 9.59 Å². The molecule has 6 nitrogen and oxygen atoms in total. The molecule has 0 spiro atoms. The molecule has 0 aliphatic heterocycles. The highest BCUT2D eigenvalue weighted by atomic mass is 16.4. The summed E-state index contributed by atoms with van der Waals surface area (Å²) in [6.45, 7) is 3.61. The molecular weight excluding hydrogens is 282 g/mol. The summed E-state index contributed by atoms with van der Waals surface area (Å²) < 4.78 is 0. The molecule has 3 N–H and O–H groups in total. The van der Waals surface area contributed by atoms with Crippen LogP contribution >= 0.6 is 0 Å². The third-order valence-corrected chi connectivity index (χ3v) is 4.34. The molecule has 1 aromatic heterocycles. The summed E-state index contributed by atoms with van der Waals surface area (Å²) in [5, 5.41) is 11.9. The number of amides is 1. The van der Waals surface area contributed by atoms with Gasteiger partial charge in [0.15, 0.2) is 0 Å². The van der Waals surface area contributed by atoms with Crippen molar-refractivity contribution >= 4 is 17.6 Å². The van der Waals surface area contributed by atoms with Crippen LogP contribution in [-0.2, 0) is 9.59 Å². The first-order chi connectivity index (χ1) is 10.4. The Bertz CT molecular complexity index is 705. The number of nitrogens with one attached hydrogen (secondary N) is 2. The molecule has 1 fully saturated rings. The minimum absolute atomic E-state index is 0.244. The van der Waals surface area contributed by atoms with Gasteiger partial charge in [-0.3, -0.25) is 9.59 Å². The fourth-order valence-corrected chi connectivity index (χ4v) is 2.95. The molecule has 1 amide bonds. The van der Waals surface area contributed by atoms with E-state index in [1.165, 1.54) is 0 Å².